The van der Waals surface area contributed by atoms with Crippen LogP contribution in [0.2, 0.25) is 0 Å². The average Bonchev–Trinajstić information content (AvgIpc) is 3.27. The summed E-state index contributed by atoms with van der Waals surface area (Å²) < 4.78 is 25.1. The summed E-state index contributed by atoms with van der Waals surface area (Å²) in [6.45, 7) is 0.692. The van der Waals surface area contributed by atoms with E-state index in [4.69, 9.17) is 24.5 Å². The van der Waals surface area contributed by atoms with E-state index in [2.05, 4.69) is 15.0 Å². The summed E-state index contributed by atoms with van der Waals surface area (Å²) in [5, 5.41) is 14.9. The summed E-state index contributed by atoms with van der Waals surface area (Å²) in [5.74, 6) is 0.702. The molecule has 3 unspecified atom stereocenters. The molecule has 4 rings (SSSR count). The number of aliphatic hydroxyl groups excluding tert-OH is 1. The Morgan fingerprint density at radius 1 is 1.10 bits per heavy atom. The van der Waals surface area contributed by atoms with Crippen LogP contribution in [0.4, 0.5) is 0 Å². The lowest BCUT2D eigenvalue weighted by molar-refractivity contribution is -0.127. The molecule has 1 saturated heterocycles. The Morgan fingerprint density at radius 3 is 2.54 bits per heavy atom. The van der Waals surface area contributed by atoms with Crippen LogP contribution in [0.1, 0.15) is 30.2 Å². The van der Waals surface area contributed by atoms with Crippen molar-refractivity contribution in [1.29, 1.82) is 0 Å². The molecule has 39 heavy (non-hydrogen) atoms. The molecule has 3 aromatic rings. The van der Waals surface area contributed by atoms with Gasteiger partial charge in [0.15, 0.2) is 6.23 Å². The van der Waals surface area contributed by atoms with Gasteiger partial charge in [0.2, 0.25) is 0 Å². The number of nitrogens with zero attached hydrogens (tertiary/aromatic N) is 4. The molecule has 0 aliphatic carbocycles. The Balaban J connectivity index is 1.60. The monoisotopic (exact) mass is 537 g/mol. The average molecular weight is 538 g/mol. The first-order valence-corrected chi connectivity index (χ1v) is 12.6. The van der Waals surface area contributed by atoms with Crippen molar-refractivity contribution in [3.63, 3.8) is 0 Å². The minimum absolute atomic E-state index is 0.156. The van der Waals surface area contributed by atoms with Crippen LogP contribution in [-0.4, -0.2) is 52.7 Å². The van der Waals surface area contributed by atoms with Crippen molar-refractivity contribution in [3.05, 3.63) is 109 Å². The standard InChI is InChI=1S/C27H31N5O7/c1-36-20-11-9-19(10-12-20)17-38-25-23(34)26(32-15-13-22(33)30-27(32)35)39-24(25)21(8-5-14-29-31-28)37-16-18-6-3-2-4-7-18/h2-4,6-7,9-13,15,21,23-26,34H,5,8,14,16-17H2,1H3,(H,30,33,35)/t21?,23?,24-,25?,26-/m1/s1. The van der Waals surface area contributed by atoms with Crippen molar-refractivity contribution in [3.8, 4) is 5.75 Å². The molecule has 0 spiro atoms. The summed E-state index contributed by atoms with van der Waals surface area (Å²) in [7, 11) is 1.58. The number of benzene rings is 2. The summed E-state index contributed by atoms with van der Waals surface area (Å²) in [6, 6.07) is 18.1. The van der Waals surface area contributed by atoms with E-state index in [1.54, 1.807) is 7.11 Å². The molecule has 1 fully saturated rings. The molecule has 2 aromatic carbocycles. The van der Waals surface area contributed by atoms with E-state index in [-0.39, 0.29) is 19.8 Å². The van der Waals surface area contributed by atoms with E-state index in [0.29, 0.717) is 18.6 Å². The number of aromatic nitrogens is 2. The summed E-state index contributed by atoms with van der Waals surface area (Å²) in [4.78, 5) is 29.1. The number of hydrogen-bond acceptors (Lipinski definition) is 8. The van der Waals surface area contributed by atoms with Crippen LogP contribution >= 0.6 is 0 Å². The maximum Gasteiger partial charge on any atom is 0.330 e. The van der Waals surface area contributed by atoms with Crippen molar-refractivity contribution in [2.24, 2.45) is 5.11 Å². The molecule has 1 aromatic heterocycles. The van der Waals surface area contributed by atoms with Gasteiger partial charge in [0.25, 0.3) is 5.56 Å². The molecular weight excluding hydrogens is 506 g/mol. The van der Waals surface area contributed by atoms with E-state index in [1.807, 2.05) is 54.6 Å². The molecule has 5 atom stereocenters. The fourth-order valence-corrected chi connectivity index (χ4v) is 4.47. The van der Waals surface area contributed by atoms with Gasteiger partial charge in [-0.05, 0) is 41.6 Å². The van der Waals surface area contributed by atoms with Crippen LogP contribution in [0.25, 0.3) is 10.4 Å². The van der Waals surface area contributed by atoms with E-state index in [1.165, 1.54) is 12.3 Å². The second-order valence-corrected chi connectivity index (χ2v) is 9.05. The zero-order valence-electron chi connectivity index (χ0n) is 21.5. The van der Waals surface area contributed by atoms with E-state index >= 15 is 0 Å². The maximum absolute atomic E-state index is 12.5. The smallest absolute Gasteiger partial charge is 0.330 e. The molecule has 2 N–H and O–H groups in total. The van der Waals surface area contributed by atoms with Gasteiger partial charge in [-0.3, -0.25) is 14.3 Å². The Bertz CT molecular complexity index is 1360. The molecule has 1 aliphatic rings. The number of methoxy groups -OCH3 is 1. The largest absolute Gasteiger partial charge is 0.497 e. The summed E-state index contributed by atoms with van der Waals surface area (Å²) >= 11 is 0. The van der Waals surface area contributed by atoms with Gasteiger partial charge in [-0.15, -0.1) is 0 Å². The van der Waals surface area contributed by atoms with Gasteiger partial charge in [0, 0.05) is 23.7 Å². The predicted octanol–water partition coefficient (Wildman–Crippen LogP) is 3.06. The summed E-state index contributed by atoms with van der Waals surface area (Å²) in [5.41, 5.74) is 9.18. The van der Waals surface area contributed by atoms with Crippen LogP contribution in [0.3, 0.4) is 0 Å². The zero-order chi connectivity index (χ0) is 27.6. The number of aliphatic hydroxyl groups is 1. The molecule has 0 radical (unpaired) electrons. The van der Waals surface area contributed by atoms with Crippen LogP contribution in [-0.2, 0) is 27.4 Å². The Morgan fingerprint density at radius 2 is 1.85 bits per heavy atom. The van der Waals surface area contributed by atoms with Crippen molar-refractivity contribution < 1.29 is 24.1 Å². The van der Waals surface area contributed by atoms with Crippen LogP contribution in [0.5, 0.6) is 5.75 Å². The molecule has 1 aliphatic heterocycles. The second kappa shape index (κ2) is 13.7. The highest BCUT2D eigenvalue weighted by atomic mass is 16.6. The first-order chi connectivity index (χ1) is 19.0. The number of ether oxygens (including phenoxy) is 4. The third-order valence-electron chi connectivity index (χ3n) is 6.46. The first kappa shape index (κ1) is 28.1. The summed E-state index contributed by atoms with van der Waals surface area (Å²) in [6.07, 6.45) is -2.38. The number of azide groups is 1. The lowest BCUT2D eigenvalue weighted by atomic mass is 10.0. The van der Waals surface area contributed by atoms with Gasteiger partial charge < -0.3 is 24.1 Å². The topological polar surface area (TPSA) is 161 Å². The minimum atomic E-state index is -1.25. The highest BCUT2D eigenvalue weighted by molar-refractivity contribution is 5.26. The fourth-order valence-electron chi connectivity index (χ4n) is 4.47. The van der Waals surface area contributed by atoms with E-state index in [0.717, 1.165) is 15.7 Å². The van der Waals surface area contributed by atoms with Crippen LogP contribution in [0, 0.1) is 0 Å². The molecular formula is C27H31N5O7. The lowest BCUT2D eigenvalue weighted by Crippen LogP contribution is -2.42. The third-order valence-corrected chi connectivity index (χ3v) is 6.46. The number of nitrogens with one attached hydrogen (secondary N) is 1. The van der Waals surface area contributed by atoms with Gasteiger partial charge in [0.05, 0.1) is 26.4 Å². The highest BCUT2D eigenvalue weighted by Gasteiger charge is 2.49. The van der Waals surface area contributed by atoms with Crippen LogP contribution in [0.15, 0.2) is 81.6 Å². The second-order valence-electron chi connectivity index (χ2n) is 9.05. The predicted molar refractivity (Wildman–Crippen MR) is 141 cm³/mol. The molecule has 12 heteroatoms. The molecule has 0 amide bonds. The number of rotatable bonds is 13. The Hall–Kier alpha value is -3.93. The van der Waals surface area contributed by atoms with Crippen molar-refractivity contribution in [2.75, 3.05) is 13.7 Å². The Kier molecular flexibility index (Phi) is 9.90. The quantitative estimate of drug-likeness (QED) is 0.147. The van der Waals surface area contributed by atoms with Gasteiger partial charge >= 0.3 is 5.69 Å². The SMILES string of the molecule is COc1ccc(COC2C(O)[C@H](n3ccc(=O)[nH]c3=O)O[C@@H]2C(CCCN=[N+]=[N-])OCc2ccccc2)cc1. The fraction of sp³-hybridized carbons (Fsp3) is 0.407. The van der Waals surface area contributed by atoms with Crippen molar-refractivity contribution in [1.82, 2.24) is 9.55 Å². The third kappa shape index (κ3) is 7.34. The van der Waals surface area contributed by atoms with Gasteiger partial charge in [-0.25, -0.2) is 4.79 Å². The highest BCUT2D eigenvalue weighted by Crippen LogP contribution is 2.35. The van der Waals surface area contributed by atoms with Gasteiger partial charge in [0.1, 0.15) is 24.1 Å². The van der Waals surface area contributed by atoms with E-state index < -0.39 is 41.9 Å². The zero-order valence-corrected chi connectivity index (χ0v) is 21.5. The maximum atomic E-state index is 12.5. The molecule has 206 valence electrons. The van der Waals surface area contributed by atoms with Gasteiger partial charge in [-0.1, -0.05) is 47.6 Å². The van der Waals surface area contributed by atoms with Gasteiger partial charge in [-0.2, -0.15) is 0 Å². The van der Waals surface area contributed by atoms with E-state index in [9.17, 15) is 14.7 Å². The Labute approximate surface area is 224 Å². The molecule has 0 bridgehead atoms. The molecule has 12 nitrogen and oxygen atoms in total. The number of H-pyrrole nitrogens is 1. The van der Waals surface area contributed by atoms with Crippen LogP contribution < -0.4 is 16.0 Å². The van der Waals surface area contributed by atoms with Crippen molar-refractivity contribution >= 4 is 0 Å². The molecule has 2 heterocycles. The number of aromatic amines is 1. The first-order valence-electron chi connectivity index (χ1n) is 12.6. The lowest BCUT2D eigenvalue weighted by Gasteiger charge is -2.28. The molecule has 0 saturated carbocycles. The normalized spacial score (nSPS) is 21.3. The van der Waals surface area contributed by atoms with Crippen molar-refractivity contribution in [2.45, 2.75) is 56.7 Å². The minimum Gasteiger partial charge on any atom is -0.497 e. The number of hydrogen-bond donors (Lipinski definition) is 2.